The molecule has 0 spiro atoms. The minimum atomic E-state index is -3.19. The van der Waals surface area contributed by atoms with E-state index in [1.54, 1.807) is 22.7 Å². The molecule has 1 N–H and O–H groups in total. The first-order chi connectivity index (χ1) is 8.89. The van der Waals surface area contributed by atoms with Crippen LogP contribution in [0.4, 0.5) is 5.69 Å². The van der Waals surface area contributed by atoms with Gasteiger partial charge in [0.25, 0.3) is 0 Å². The maximum atomic E-state index is 11.8. The normalized spacial score (nSPS) is 20.3. The Labute approximate surface area is 115 Å². The molecule has 19 heavy (non-hydrogen) atoms. The van der Waals surface area contributed by atoms with E-state index >= 15 is 0 Å². The van der Waals surface area contributed by atoms with Gasteiger partial charge in [0.15, 0.2) is 9.84 Å². The Bertz CT molecular complexity index is 571. The number of thioether (sulfide) groups is 1. The van der Waals surface area contributed by atoms with Crippen molar-refractivity contribution >= 4 is 33.3 Å². The summed E-state index contributed by atoms with van der Waals surface area (Å²) in [7, 11) is -3.19. The Morgan fingerprint density at radius 3 is 2.79 bits per heavy atom. The molecule has 2 rings (SSSR count). The summed E-state index contributed by atoms with van der Waals surface area (Å²) in [5.41, 5.74) is 0.590. The third kappa shape index (κ3) is 3.19. The van der Waals surface area contributed by atoms with Gasteiger partial charge in [0.05, 0.1) is 11.9 Å². The highest BCUT2D eigenvalue weighted by Gasteiger charge is 2.31. The summed E-state index contributed by atoms with van der Waals surface area (Å²) in [4.78, 5) is 16.3. The second kappa shape index (κ2) is 5.38. The molecule has 1 aliphatic heterocycles. The number of nitrogens with zero attached hydrogens (tertiary/aromatic N) is 2. The molecule has 1 saturated heterocycles. The lowest BCUT2D eigenvalue weighted by Crippen LogP contribution is -2.47. The molecule has 1 aromatic heterocycles. The standard InChI is InChI=1S/C11H14N2O4S2/c1-19(16,17)10-7-18-5-4-13(10)8-2-3-9(11(14)15)12-6-8/h2-3,6,10H,4-5,7H2,1H3,(H,14,15). The van der Waals surface area contributed by atoms with Crippen LogP contribution >= 0.6 is 11.8 Å². The van der Waals surface area contributed by atoms with Gasteiger partial charge in [-0.2, -0.15) is 11.8 Å². The fourth-order valence-electron chi connectivity index (χ4n) is 1.91. The van der Waals surface area contributed by atoms with Gasteiger partial charge in [-0.3, -0.25) is 0 Å². The average molecular weight is 302 g/mol. The molecule has 0 bridgehead atoms. The molecule has 104 valence electrons. The SMILES string of the molecule is CS(=O)(=O)C1CSCCN1c1ccc(C(=O)O)nc1. The van der Waals surface area contributed by atoms with Gasteiger partial charge in [0.2, 0.25) is 0 Å². The van der Waals surface area contributed by atoms with Crippen LogP contribution in [0.25, 0.3) is 0 Å². The number of hydrogen-bond donors (Lipinski definition) is 1. The van der Waals surface area contributed by atoms with E-state index in [-0.39, 0.29) is 5.69 Å². The molecule has 1 atom stereocenters. The number of aromatic nitrogens is 1. The smallest absolute Gasteiger partial charge is 0.354 e. The van der Waals surface area contributed by atoms with E-state index in [0.717, 1.165) is 5.75 Å². The number of sulfone groups is 1. The number of carboxylic acids is 1. The molecule has 1 fully saturated rings. The third-order valence-corrected chi connectivity index (χ3v) is 5.52. The number of hydrogen-bond acceptors (Lipinski definition) is 6. The van der Waals surface area contributed by atoms with E-state index in [1.165, 1.54) is 18.5 Å². The van der Waals surface area contributed by atoms with E-state index in [0.29, 0.717) is 18.0 Å². The summed E-state index contributed by atoms with van der Waals surface area (Å²) in [5, 5.41) is 8.21. The molecule has 0 amide bonds. The first-order valence-corrected chi connectivity index (χ1v) is 8.73. The Balaban J connectivity index is 2.30. The number of carboxylic acid groups (broad SMARTS) is 1. The van der Waals surface area contributed by atoms with Gasteiger partial charge in [0.1, 0.15) is 11.1 Å². The largest absolute Gasteiger partial charge is 0.477 e. The van der Waals surface area contributed by atoms with E-state index < -0.39 is 21.2 Å². The van der Waals surface area contributed by atoms with Crippen LogP contribution in [0.1, 0.15) is 10.5 Å². The van der Waals surface area contributed by atoms with E-state index in [1.807, 2.05) is 0 Å². The third-order valence-electron chi connectivity index (χ3n) is 2.88. The lowest BCUT2D eigenvalue weighted by atomic mass is 10.3. The Morgan fingerprint density at radius 1 is 1.53 bits per heavy atom. The van der Waals surface area contributed by atoms with Crippen LogP contribution in [-0.2, 0) is 9.84 Å². The second-order valence-corrected chi connectivity index (χ2v) is 7.61. The minimum Gasteiger partial charge on any atom is -0.477 e. The van der Waals surface area contributed by atoms with Gasteiger partial charge in [-0.05, 0) is 12.1 Å². The summed E-state index contributed by atoms with van der Waals surface area (Å²) >= 11 is 1.60. The summed E-state index contributed by atoms with van der Waals surface area (Å²) in [6, 6.07) is 2.99. The molecular formula is C11H14N2O4S2. The van der Waals surface area contributed by atoms with Crippen LogP contribution < -0.4 is 4.90 Å². The van der Waals surface area contributed by atoms with Gasteiger partial charge in [-0.1, -0.05) is 0 Å². The van der Waals surface area contributed by atoms with Crippen LogP contribution in [0.3, 0.4) is 0 Å². The number of anilines is 1. The zero-order valence-electron chi connectivity index (χ0n) is 10.3. The lowest BCUT2D eigenvalue weighted by molar-refractivity contribution is 0.0690. The van der Waals surface area contributed by atoms with Crippen LogP contribution in [0.15, 0.2) is 18.3 Å². The van der Waals surface area contributed by atoms with Crippen LogP contribution in [0.2, 0.25) is 0 Å². The van der Waals surface area contributed by atoms with Gasteiger partial charge < -0.3 is 10.0 Å². The zero-order valence-corrected chi connectivity index (χ0v) is 11.9. The molecule has 1 aromatic rings. The fourth-order valence-corrected chi connectivity index (χ4v) is 4.75. The average Bonchev–Trinajstić information content (AvgIpc) is 2.38. The van der Waals surface area contributed by atoms with E-state index in [2.05, 4.69) is 4.98 Å². The highest BCUT2D eigenvalue weighted by atomic mass is 32.2. The molecule has 1 aliphatic rings. The van der Waals surface area contributed by atoms with Crippen molar-refractivity contribution in [3.63, 3.8) is 0 Å². The van der Waals surface area contributed by atoms with Gasteiger partial charge in [-0.15, -0.1) is 0 Å². The lowest BCUT2D eigenvalue weighted by Gasteiger charge is -2.35. The summed E-state index contributed by atoms with van der Waals surface area (Å²) in [5.74, 6) is 0.257. The molecule has 0 saturated carbocycles. The van der Waals surface area contributed by atoms with Crippen molar-refractivity contribution in [1.82, 2.24) is 4.98 Å². The summed E-state index contributed by atoms with van der Waals surface area (Å²) in [6.45, 7) is 0.608. The van der Waals surface area contributed by atoms with Crippen molar-refractivity contribution < 1.29 is 18.3 Å². The summed E-state index contributed by atoms with van der Waals surface area (Å²) < 4.78 is 23.6. The Kier molecular flexibility index (Phi) is 4.00. The number of aromatic carboxylic acids is 1. The van der Waals surface area contributed by atoms with Crippen molar-refractivity contribution in [2.75, 3.05) is 29.2 Å². The van der Waals surface area contributed by atoms with E-state index in [9.17, 15) is 13.2 Å². The maximum absolute atomic E-state index is 11.8. The molecule has 1 unspecified atom stereocenters. The molecule has 0 radical (unpaired) electrons. The quantitative estimate of drug-likeness (QED) is 0.879. The first-order valence-electron chi connectivity index (χ1n) is 5.62. The fraction of sp³-hybridized carbons (Fsp3) is 0.455. The molecule has 8 heteroatoms. The highest BCUT2D eigenvalue weighted by molar-refractivity contribution is 8.01. The van der Waals surface area contributed by atoms with Crippen LogP contribution in [-0.4, -0.2) is 54.2 Å². The molecular weight excluding hydrogens is 288 g/mol. The van der Waals surface area contributed by atoms with Gasteiger partial charge in [-0.25, -0.2) is 18.2 Å². The topological polar surface area (TPSA) is 87.6 Å². The van der Waals surface area contributed by atoms with Crippen LogP contribution in [0.5, 0.6) is 0 Å². The van der Waals surface area contributed by atoms with Gasteiger partial charge >= 0.3 is 5.97 Å². The zero-order chi connectivity index (χ0) is 14.0. The van der Waals surface area contributed by atoms with Crippen molar-refractivity contribution in [1.29, 1.82) is 0 Å². The monoisotopic (exact) mass is 302 g/mol. The van der Waals surface area contributed by atoms with Crippen molar-refractivity contribution in [3.8, 4) is 0 Å². The predicted molar refractivity (Wildman–Crippen MR) is 74.5 cm³/mol. The summed E-state index contributed by atoms with van der Waals surface area (Å²) in [6.07, 6.45) is 2.63. The minimum absolute atomic E-state index is 0.0500. The van der Waals surface area contributed by atoms with E-state index in [4.69, 9.17) is 5.11 Å². The Hall–Kier alpha value is -1.28. The van der Waals surface area contributed by atoms with Crippen molar-refractivity contribution in [2.45, 2.75) is 5.37 Å². The number of carbonyl (C=O) groups is 1. The molecule has 6 nitrogen and oxygen atoms in total. The molecule has 2 heterocycles. The van der Waals surface area contributed by atoms with Crippen LogP contribution in [0, 0.1) is 0 Å². The highest BCUT2D eigenvalue weighted by Crippen LogP contribution is 2.26. The maximum Gasteiger partial charge on any atom is 0.354 e. The van der Waals surface area contributed by atoms with Crippen molar-refractivity contribution in [3.05, 3.63) is 24.0 Å². The molecule has 0 aromatic carbocycles. The van der Waals surface area contributed by atoms with Crippen molar-refractivity contribution in [2.24, 2.45) is 0 Å². The molecule has 0 aliphatic carbocycles. The first kappa shape index (κ1) is 14.1. The number of rotatable bonds is 3. The number of pyridine rings is 1. The predicted octanol–water partition coefficient (Wildman–Crippen LogP) is 0.704. The van der Waals surface area contributed by atoms with Gasteiger partial charge in [0, 0.05) is 24.3 Å². The second-order valence-electron chi connectivity index (χ2n) is 4.26. The Morgan fingerprint density at radius 2 is 2.26 bits per heavy atom.